The van der Waals surface area contributed by atoms with Crippen LogP contribution in [0.1, 0.15) is 24.1 Å². The largest absolute Gasteiger partial charge is 0.489 e. The summed E-state index contributed by atoms with van der Waals surface area (Å²) in [5.74, 6) is 0.823. The molecule has 0 aromatic carbocycles. The zero-order valence-corrected chi connectivity index (χ0v) is 14.0. The molecule has 0 unspecified atom stereocenters. The van der Waals surface area contributed by atoms with Gasteiger partial charge in [0.25, 0.3) is 0 Å². The van der Waals surface area contributed by atoms with E-state index < -0.39 is 0 Å². The lowest BCUT2D eigenvalue weighted by atomic mass is 9.99. The van der Waals surface area contributed by atoms with Gasteiger partial charge in [-0.15, -0.1) is 11.3 Å². The Bertz CT molecular complexity index is 605. The van der Waals surface area contributed by atoms with E-state index >= 15 is 0 Å². The Morgan fingerprint density at radius 3 is 3.09 bits per heavy atom. The highest BCUT2D eigenvalue weighted by Crippen LogP contribution is 2.33. The maximum Gasteiger partial charge on any atom is 0.137 e. The van der Waals surface area contributed by atoms with Crippen molar-refractivity contribution in [1.29, 1.82) is 0 Å². The fourth-order valence-corrected chi connectivity index (χ4v) is 4.36. The molecule has 4 heterocycles. The van der Waals surface area contributed by atoms with Crippen molar-refractivity contribution in [2.75, 3.05) is 13.2 Å². The van der Waals surface area contributed by atoms with Gasteiger partial charge in [0.2, 0.25) is 0 Å². The average molecular weight is 330 g/mol. The molecule has 2 aliphatic rings. The molecule has 2 saturated heterocycles. The molecule has 0 N–H and O–H groups in total. The summed E-state index contributed by atoms with van der Waals surface area (Å²) in [6.45, 7) is 2.84. The number of pyridine rings is 1. The molecule has 2 fully saturated rings. The minimum Gasteiger partial charge on any atom is -0.489 e. The van der Waals surface area contributed by atoms with Gasteiger partial charge in [0.1, 0.15) is 12.4 Å². The van der Waals surface area contributed by atoms with E-state index in [9.17, 15) is 0 Å². The summed E-state index contributed by atoms with van der Waals surface area (Å²) in [7, 11) is 0. The number of rotatable bonds is 5. The van der Waals surface area contributed by atoms with E-state index in [2.05, 4.69) is 27.4 Å². The summed E-state index contributed by atoms with van der Waals surface area (Å²) in [5, 5.41) is 2.16. The van der Waals surface area contributed by atoms with Crippen LogP contribution in [0.15, 0.2) is 42.0 Å². The lowest BCUT2D eigenvalue weighted by Crippen LogP contribution is -2.43. The highest BCUT2D eigenvalue weighted by molar-refractivity contribution is 7.09. The number of nitrogens with zero attached hydrogens (tertiary/aromatic N) is 2. The summed E-state index contributed by atoms with van der Waals surface area (Å²) in [6.07, 6.45) is 7.50. The summed E-state index contributed by atoms with van der Waals surface area (Å²) >= 11 is 1.85. The van der Waals surface area contributed by atoms with Crippen LogP contribution in [0.3, 0.4) is 0 Å². The first kappa shape index (κ1) is 15.1. The molecule has 0 amide bonds. The molecular weight excluding hydrogens is 308 g/mol. The lowest BCUT2D eigenvalue weighted by molar-refractivity contribution is -0.0840. The summed E-state index contributed by atoms with van der Waals surface area (Å²) in [5.41, 5.74) is 0. The fraction of sp³-hybridized carbons (Fsp3) is 0.500. The van der Waals surface area contributed by atoms with Crippen LogP contribution in [0.25, 0.3) is 0 Å². The van der Waals surface area contributed by atoms with Crippen molar-refractivity contribution in [2.45, 2.75) is 44.1 Å². The number of thiophene rings is 1. The molecule has 5 heteroatoms. The van der Waals surface area contributed by atoms with Gasteiger partial charge in [-0.2, -0.15) is 0 Å². The van der Waals surface area contributed by atoms with Gasteiger partial charge in [-0.25, -0.2) is 0 Å². The van der Waals surface area contributed by atoms with Crippen LogP contribution in [-0.2, 0) is 11.3 Å². The van der Waals surface area contributed by atoms with Gasteiger partial charge < -0.3 is 9.47 Å². The summed E-state index contributed by atoms with van der Waals surface area (Å²) in [4.78, 5) is 8.12. The van der Waals surface area contributed by atoms with Gasteiger partial charge in [-0.3, -0.25) is 9.88 Å². The number of hydrogen-bond donors (Lipinski definition) is 0. The minimum atomic E-state index is 0.207. The van der Waals surface area contributed by atoms with Crippen molar-refractivity contribution in [3.05, 3.63) is 46.9 Å². The number of aromatic nitrogens is 1. The topological polar surface area (TPSA) is 34.6 Å². The quantitative estimate of drug-likeness (QED) is 0.842. The van der Waals surface area contributed by atoms with Gasteiger partial charge in [-0.1, -0.05) is 6.07 Å². The first-order chi connectivity index (χ1) is 11.4. The molecule has 0 spiro atoms. The molecule has 0 aliphatic carbocycles. The normalized spacial score (nSPS) is 27.7. The number of hydrogen-bond acceptors (Lipinski definition) is 5. The predicted molar refractivity (Wildman–Crippen MR) is 90.8 cm³/mol. The van der Waals surface area contributed by atoms with Crippen molar-refractivity contribution in [3.63, 3.8) is 0 Å². The van der Waals surface area contributed by atoms with E-state index in [4.69, 9.17) is 9.47 Å². The predicted octanol–water partition coefficient (Wildman–Crippen LogP) is 3.34. The van der Waals surface area contributed by atoms with Crippen molar-refractivity contribution >= 4 is 11.3 Å². The second kappa shape index (κ2) is 6.99. The Labute approximate surface area is 141 Å². The standard InChI is InChI=1S/C18H22N2O2S/c1-3-14(11-19-8-1)21-13-15-5-6-17-18(22-15)7-9-20(17)12-16-4-2-10-23-16/h1-4,8,10-11,15,17-18H,5-7,9,12-13H2/t15-,17+,18+/m1/s1. The molecule has 2 aromatic heterocycles. The highest BCUT2D eigenvalue weighted by atomic mass is 32.1. The lowest BCUT2D eigenvalue weighted by Gasteiger charge is -2.35. The molecule has 4 nitrogen and oxygen atoms in total. The van der Waals surface area contributed by atoms with E-state index in [0.717, 1.165) is 31.7 Å². The Morgan fingerprint density at radius 1 is 1.26 bits per heavy atom. The molecule has 4 rings (SSSR count). The third kappa shape index (κ3) is 3.57. The van der Waals surface area contributed by atoms with Crippen LogP contribution in [-0.4, -0.2) is 41.3 Å². The molecule has 122 valence electrons. The van der Waals surface area contributed by atoms with Crippen molar-refractivity contribution < 1.29 is 9.47 Å². The van der Waals surface area contributed by atoms with Crippen LogP contribution in [0.2, 0.25) is 0 Å². The molecule has 2 aliphatic heterocycles. The fourth-order valence-electron chi connectivity index (χ4n) is 3.63. The summed E-state index contributed by atoms with van der Waals surface area (Å²) in [6, 6.07) is 8.78. The number of fused-ring (bicyclic) bond motifs is 1. The second-order valence-corrected chi connectivity index (χ2v) is 7.31. The maximum absolute atomic E-state index is 6.30. The zero-order valence-electron chi connectivity index (χ0n) is 13.1. The molecule has 3 atom stereocenters. The Balaban J connectivity index is 1.29. The Hall–Kier alpha value is -1.43. The Morgan fingerprint density at radius 2 is 2.26 bits per heavy atom. The van der Waals surface area contributed by atoms with Crippen molar-refractivity contribution in [1.82, 2.24) is 9.88 Å². The van der Waals surface area contributed by atoms with Crippen LogP contribution in [0.4, 0.5) is 0 Å². The highest BCUT2D eigenvalue weighted by Gasteiger charge is 2.39. The molecule has 0 bridgehead atoms. The van der Waals surface area contributed by atoms with E-state index in [1.165, 1.54) is 11.3 Å². The third-order valence-electron chi connectivity index (χ3n) is 4.76. The van der Waals surface area contributed by atoms with Crippen molar-refractivity contribution in [3.8, 4) is 5.75 Å². The van der Waals surface area contributed by atoms with Crippen LogP contribution >= 0.6 is 11.3 Å². The molecule has 0 saturated carbocycles. The van der Waals surface area contributed by atoms with Crippen LogP contribution in [0.5, 0.6) is 5.75 Å². The van der Waals surface area contributed by atoms with Gasteiger partial charge >= 0.3 is 0 Å². The van der Waals surface area contributed by atoms with E-state index in [1.807, 2.05) is 23.5 Å². The number of ether oxygens (including phenoxy) is 2. The van der Waals surface area contributed by atoms with E-state index in [0.29, 0.717) is 18.8 Å². The van der Waals surface area contributed by atoms with Gasteiger partial charge in [0.15, 0.2) is 0 Å². The zero-order chi connectivity index (χ0) is 15.5. The molecular formula is C18H22N2O2S. The molecule has 23 heavy (non-hydrogen) atoms. The van der Waals surface area contributed by atoms with Crippen LogP contribution in [0, 0.1) is 0 Å². The Kier molecular flexibility index (Phi) is 4.60. The minimum absolute atomic E-state index is 0.207. The first-order valence-corrected chi connectivity index (χ1v) is 9.21. The second-order valence-electron chi connectivity index (χ2n) is 6.28. The van der Waals surface area contributed by atoms with E-state index in [-0.39, 0.29) is 6.10 Å². The monoisotopic (exact) mass is 330 g/mol. The van der Waals surface area contributed by atoms with Gasteiger partial charge in [0.05, 0.1) is 18.4 Å². The van der Waals surface area contributed by atoms with Crippen LogP contribution < -0.4 is 4.74 Å². The SMILES string of the molecule is c1cncc(OC[C@H]2CC[C@H]3[C@H](CCN3Cc3cccs3)O2)c1. The van der Waals surface area contributed by atoms with E-state index in [1.54, 1.807) is 12.4 Å². The van der Waals surface area contributed by atoms with Crippen molar-refractivity contribution in [2.24, 2.45) is 0 Å². The smallest absolute Gasteiger partial charge is 0.137 e. The van der Waals surface area contributed by atoms with Gasteiger partial charge in [-0.05, 0) is 42.8 Å². The first-order valence-electron chi connectivity index (χ1n) is 8.33. The molecule has 2 aromatic rings. The third-order valence-corrected chi connectivity index (χ3v) is 5.62. The van der Waals surface area contributed by atoms with Gasteiger partial charge in [0, 0.05) is 30.2 Å². The molecule has 0 radical (unpaired) electrons. The summed E-state index contributed by atoms with van der Waals surface area (Å²) < 4.78 is 12.1. The number of likely N-dealkylation sites (tertiary alicyclic amines) is 1. The average Bonchev–Trinajstić information content (AvgIpc) is 3.24. The maximum atomic E-state index is 6.30.